The van der Waals surface area contributed by atoms with Gasteiger partial charge in [0.25, 0.3) is 0 Å². The first kappa shape index (κ1) is 12.6. The highest BCUT2D eigenvalue weighted by Crippen LogP contribution is 2.24. The minimum absolute atomic E-state index is 0.984. The maximum absolute atomic E-state index is 7.51. The average molecular weight is 237 g/mol. The largest absolute Gasteiger partial charge is 0.308 e. The van der Waals surface area contributed by atoms with Gasteiger partial charge in [0, 0.05) is 11.8 Å². The molecule has 2 rings (SSSR count). The Hall–Kier alpha value is -1.89. The summed E-state index contributed by atoms with van der Waals surface area (Å²) in [6.45, 7) is 4.25. The van der Waals surface area contributed by atoms with E-state index in [-0.39, 0.29) is 0 Å². The first-order valence-electron chi connectivity index (χ1n) is 6.45. The number of nitrogens with one attached hydrogen (secondary N) is 1. The van der Waals surface area contributed by atoms with E-state index in [1.807, 2.05) is 0 Å². The van der Waals surface area contributed by atoms with Gasteiger partial charge in [0.2, 0.25) is 0 Å². The Morgan fingerprint density at radius 2 is 1.78 bits per heavy atom. The molecule has 0 aliphatic rings. The van der Waals surface area contributed by atoms with Crippen molar-refractivity contribution in [1.82, 2.24) is 0 Å². The van der Waals surface area contributed by atoms with Crippen molar-refractivity contribution in [2.45, 2.75) is 26.7 Å². The van der Waals surface area contributed by atoms with Gasteiger partial charge in [-0.25, -0.2) is 0 Å². The van der Waals surface area contributed by atoms with Gasteiger partial charge >= 0.3 is 0 Å². The monoisotopic (exact) mass is 237 g/mol. The molecule has 0 saturated heterocycles. The third-order valence-electron chi connectivity index (χ3n) is 3.17. The zero-order valence-electron chi connectivity index (χ0n) is 11.0. The van der Waals surface area contributed by atoms with Crippen LogP contribution in [0.1, 0.15) is 30.0 Å². The van der Waals surface area contributed by atoms with Crippen LogP contribution in [0.3, 0.4) is 0 Å². The summed E-state index contributed by atoms with van der Waals surface area (Å²) in [4.78, 5) is 0. The summed E-state index contributed by atoms with van der Waals surface area (Å²) in [5, 5.41) is 7.51. The molecule has 2 aromatic rings. The highest BCUT2D eigenvalue weighted by molar-refractivity contribution is 5.89. The molecular weight excluding hydrogens is 218 g/mol. The maximum atomic E-state index is 7.51. The van der Waals surface area contributed by atoms with Crippen LogP contribution in [-0.2, 0) is 6.42 Å². The zero-order chi connectivity index (χ0) is 13.0. The molecule has 0 aliphatic heterocycles. The molecule has 0 aromatic heterocycles. The zero-order valence-corrected chi connectivity index (χ0v) is 11.0. The molecule has 0 unspecified atom stereocenters. The van der Waals surface area contributed by atoms with E-state index in [9.17, 15) is 0 Å². The molecule has 0 heterocycles. The number of hydrogen-bond acceptors (Lipinski definition) is 1. The van der Waals surface area contributed by atoms with E-state index < -0.39 is 0 Å². The Kier molecular flexibility index (Phi) is 3.93. The highest BCUT2D eigenvalue weighted by Gasteiger charge is 2.03. The second kappa shape index (κ2) is 5.63. The highest BCUT2D eigenvalue weighted by atomic mass is 14.3. The van der Waals surface area contributed by atoms with E-state index in [1.54, 1.807) is 0 Å². The first-order valence-corrected chi connectivity index (χ1v) is 6.45. The Balaban J connectivity index is 2.39. The fourth-order valence-electron chi connectivity index (χ4n) is 2.20. The molecule has 0 amide bonds. The summed E-state index contributed by atoms with van der Waals surface area (Å²) >= 11 is 0. The molecule has 18 heavy (non-hydrogen) atoms. The summed E-state index contributed by atoms with van der Waals surface area (Å²) in [6, 6.07) is 14.9. The lowest BCUT2D eigenvalue weighted by Crippen LogP contribution is -1.90. The number of benzene rings is 2. The van der Waals surface area contributed by atoms with Crippen molar-refractivity contribution in [1.29, 1.82) is 5.41 Å². The molecule has 0 spiro atoms. The summed E-state index contributed by atoms with van der Waals surface area (Å²) in [5.74, 6) is 0. The van der Waals surface area contributed by atoms with Crippen molar-refractivity contribution in [2.24, 2.45) is 0 Å². The van der Waals surface area contributed by atoms with E-state index in [2.05, 4.69) is 56.3 Å². The third kappa shape index (κ3) is 2.67. The van der Waals surface area contributed by atoms with Crippen LogP contribution in [0.25, 0.3) is 11.1 Å². The van der Waals surface area contributed by atoms with Gasteiger partial charge in [0.05, 0.1) is 0 Å². The van der Waals surface area contributed by atoms with Crippen LogP contribution >= 0.6 is 0 Å². The van der Waals surface area contributed by atoms with Crippen LogP contribution in [-0.4, -0.2) is 6.21 Å². The van der Waals surface area contributed by atoms with Gasteiger partial charge in [0.15, 0.2) is 0 Å². The predicted molar refractivity (Wildman–Crippen MR) is 78.5 cm³/mol. The van der Waals surface area contributed by atoms with Crippen molar-refractivity contribution in [3.8, 4) is 11.1 Å². The molecule has 92 valence electrons. The molecule has 0 radical (unpaired) electrons. The first-order chi connectivity index (χ1) is 8.74. The summed E-state index contributed by atoms with van der Waals surface area (Å²) in [7, 11) is 0. The minimum atomic E-state index is 0.984. The molecule has 0 atom stereocenters. The second-order valence-electron chi connectivity index (χ2n) is 4.68. The number of aryl methyl sites for hydroxylation is 2. The lowest BCUT2D eigenvalue weighted by molar-refractivity contribution is 0.922. The topological polar surface area (TPSA) is 23.9 Å². The molecule has 0 bridgehead atoms. The van der Waals surface area contributed by atoms with Crippen LogP contribution in [0.5, 0.6) is 0 Å². The summed E-state index contributed by atoms with van der Waals surface area (Å²) in [6.07, 6.45) is 3.74. The fourth-order valence-corrected chi connectivity index (χ4v) is 2.20. The summed E-state index contributed by atoms with van der Waals surface area (Å²) < 4.78 is 0. The lowest BCUT2D eigenvalue weighted by atomic mass is 9.97. The van der Waals surface area contributed by atoms with Gasteiger partial charge in [0.1, 0.15) is 0 Å². The number of rotatable bonds is 4. The van der Waals surface area contributed by atoms with Gasteiger partial charge < -0.3 is 5.41 Å². The maximum Gasteiger partial charge on any atom is 0.0256 e. The molecule has 0 fully saturated rings. The SMILES string of the molecule is CCCc1ccc(-c2ccc(C)cc2C=N)cc1. The van der Waals surface area contributed by atoms with Gasteiger partial charge in [-0.3, -0.25) is 0 Å². The van der Waals surface area contributed by atoms with E-state index in [0.717, 1.165) is 17.5 Å². The smallest absolute Gasteiger partial charge is 0.0256 e. The van der Waals surface area contributed by atoms with E-state index in [1.165, 1.54) is 29.3 Å². The minimum Gasteiger partial charge on any atom is -0.308 e. The quantitative estimate of drug-likeness (QED) is 0.751. The summed E-state index contributed by atoms with van der Waals surface area (Å²) in [5.41, 5.74) is 5.88. The van der Waals surface area contributed by atoms with Gasteiger partial charge in [-0.2, -0.15) is 0 Å². The van der Waals surface area contributed by atoms with Crippen molar-refractivity contribution in [2.75, 3.05) is 0 Å². The van der Waals surface area contributed by atoms with Crippen molar-refractivity contribution in [3.63, 3.8) is 0 Å². The van der Waals surface area contributed by atoms with Crippen LogP contribution in [0, 0.1) is 12.3 Å². The Labute approximate surface area is 109 Å². The van der Waals surface area contributed by atoms with Crippen LogP contribution in [0.4, 0.5) is 0 Å². The van der Waals surface area contributed by atoms with Gasteiger partial charge in [-0.1, -0.05) is 55.3 Å². The Morgan fingerprint density at radius 1 is 1.06 bits per heavy atom. The van der Waals surface area contributed by atoms with Crippen molar-refractivity contribution >= 4 is 6.21 Å². The molecule has 1 heteroatoms. The van der Waals surface area contributed by atoms with Crippen molar-refractivity contribution in [3.05, 3.63) is 59.2 Å². The predicted octanol–water partition coefficient (Wildman–Crippen LogP) is 4.61. The molecule has 0 aliphatic carbocycles. The molecule has 1 N–H and O–H groups in total. The fraction of sp³-hybridized carbons (Fsp3) is 0.235. The number of hydrogen-bond donors (Lipinski definition) is 1. The normalized spacial score (nSPS) is 10.3. The standard InChI is InChI=1S/C17H19N/c1-3-4-14-6-8-15(9-7-14)17-10-5-13(2)11-16(17)12-18/h5-12,18H,3-4H2,1-2H3. The van der Waals surface area contributed by atoms with E-state index >= 15 is 0 Å². The molecule has 2 aromatic carbocycles. The average Bonchev–Trinajstić information content (AvgIpc) is 2.40. The Bertz CT molecular complexity index is 538. The Morgan fingerprint density at radius 3 is 2.39 bits per heavy atom. The van der Waals surface area contributed by atoms with Gasteiger partial charge in [-0.15, -0.1) is 0 Å². The van der Waals surface area contributed by atoms with E-state index in [4.69, 9.17) is 5.41 Å². The van der Waals surface area contributed by atoms with Crippen LogP contribution in [0.2, 0.25) is 0 Å². The third-order valence-corrected chi connectivity index (χ3v) is 3.17. The van der Waals surface area contributed by atoms with Crippen LogP contribution in [0.15, 0.2) is 42.5 Å². The second-order valence-corrected chi connectivity index (χ2v) is 4.68. The molecular formula is C17H19N. The van der Waals surface area contributed by atoms with Crippen LogP contribution < -0.4 is 0 Å². The molecule has 1 nitrogen and oxygen atoms in total. The molecule has 0 saturated carbocycles. The van der Waals surface area contributed by atoms with E-state index in [0.29, 0.717) is 0 Å². The van der Waals surface area contributed by atoms with Gasteiger partial charge in [-0.05, 0) is 36.1 Å². The lowest BCUT2D eigenvalue weighted by Gasteiger charge is -2.08. The van der Waals surface area contributed by atoms with Crippen molar-refractivity contribution < 1.29 is 0 Å².